The molecule has 4 rings (SSSR count). The second-order valence-electron chi connectivity index (χ2n) is 8.12. The molecule has 1 fully saturated rings. The zero-order valence-electron chi connectivity index (χ0n) is 18.6. The quantitative estimate of drug-likeness (QED) is 0.443. The van der Waals surface area contributed by atoms with Gasteiger partial charge in [0.15, 0.2) is 0 Å². The van der Waals surface area contributed by atoms with E-state index in [-0.39, 0.29) is 29.0 Å². The zero-order chi connectivity index (χ0) is 24.9. The number of hydrogen-bond donors (Lipinski definition) is 3. The lowest BCUT2D eigenvalue weighted by molar-refractivity contribution is -0.137. The fraction of sp³-hybridized carbons (Fsp3) is 0.240. The molecule has 1 atom stereocenters. The van der Waals surface area contributed by atoms with Crippen molar-refractivity contribution in [2.24, 2.45) is 0 Å². The first-order valence-corrected chi connectivity index (χ1v) is 10.9. The van der Waals surface area contributed by atoms with Crippen LogP contribution in [0.5, 0.6) is 0 Å². The molecule has 1 aliphatic rings. The van der Waals surface area contributed by atoms with Crippen molar-refractivity contribution in [3.05, 3.63) is 89.7 Å². The highest BCUT2D eigenvalue weighted by atomic mass is 19.4. The molecular weight excluding hydrogens is 461 g/mol. The molecule has 2 amide bonds. The number of para-hydroxylation sites is 1. The van der Waals surface area contributed by atoms with Gasteiger partial charge in [-0.3, -0.25) is 14.6 Å². The average molecular weight is 491 g/mol. The van der Waals surface area contributed by atoms with E-state index in [1.807, 2.05) is 0 Å². The van der Waals surface area contributed by atoms with Gasteiger partial charge in [-0.15, -0.1) is 0 Å². The Morgan fingerprint density at radius 2 is 1.74 bits per heavy atom. The van der Waals surface area contributed by atoms with Gasteiger partial charge in [0.1, 0.15) is 5.54 Å². The summed E-state index contributed by atoms with van der Waals surface area (Å²) in [6, 6.07) is 15.0. The number of hydrogen-bond acceptors (Lipinski definition) is 5. The number of rotatable bonds is 7. The number of nitrogens with one attached hydrogen (secondary N) is 3. The molecule has 188 valence electrons. The molecule has 1 aliphatic heterocycles. The summed E-state index contributed by atoms with van der Waals surface area (Å²) in [5.41, 5.74) is -0.398. The van der Waals surface area contributed by atoms with Gasteiger partial charge in [0.05, 0.1) is 17.9 Å². The van der Waals surface area contributed by atoms with E-state index < -0.39 is 23.2 Å². The Morgan fingerprint density at radius 1 is 1.03 bits per heavy atom. The predicted octanol–water partition coefficient (Wildman–Crippen LogP) is 4.79. The van der Waals surface area contributed by atoms with Gasteiger partial charge in [-0.2, -0.15) is 13.2 Å². The topological polar surface area (TPSA) is 92.4 Å². The number of ether oxygens (including phenoxy) is 1. The smallest absolute Gasteiger partial charge is 0.378 e. The SMILES string of the molecule is O=C(N[C@@]1(C(=O)NCc2ccc(Nc3ccccc3C(F)(F)F)cc2)CCOC1)c1ccncc1.[HH].[HH].[HH]. The number of pyridine rings is 1. The van der Waals surface area contributed by atoms with Crippen LogP contribution in [0.25, 0.3) is 0 Å². The van der Waals surface area contributed by atoms with Crippen molar-refractivity contribution < 1.29 is 31.8 Å². The lowest BCUT2D eigenvalue weighted by atomic mass is 9.96. The van der Waals surface area contributed by atoms with Gasteiger partial charge in [0.2, 0.25) is 5.91 Å². The minimum Gasteiger partial charge on any atom is -0.378 e. The number of aromatic nitrogens is 1. The number of carbonyl (C=O) groups excluding carboxylic acids is 2. The highest BCUT2D eigenvalue weighted by Crippen LogP contribution is 2.35. The van der Waals surface area contributed by atoms with Crippen LogP contribution in [0.15, 0.2) is 73.1 Å². The third kappa shape index (κ3) is 5.78. The van der Waals surface area contributed by atoms with E-state index in [0.717, 1.165) is 11.6 Å². The van der Waals surface area contributed by atoms with E-state index in [0.29, 0.717) is 24.3 Å². The van der Waals surface area contributed by atoms with Gasteiger partial charge in [-0.05, 0) is 42.0 Å². The van der Waals surface area contributed by atoms with Crippen molar-refractivity contribution in [2.45, 2.75) is 24.7 Å². The van der Waals surface area contributed by atoms with Gasteiger partial charge in [0.25, 0.3) is 5.91 Å². The molecule has 0 aliphatic carbocycles. The Bertz CT molecular complexity index is 1190. The van der Waals surface area contributed by atoms with Crippen molar-refractivity contribution in [3.8, 4) is 0 Å². The van der Waals surface area contributed by atoms with Crippen LogP contribution in [-0.4, -0.2) is 35.6 Å². The molecule has 3 N–H and O–H groups in total. The Hall–Kier alpha value is -3.92. The molecule has 2 heterocycles. The summed E-state index contributed by atoms with van der Waals surface area (Å²) < 4.78 is 45.0. The molecule has 0 bridgehead atoms. The van der Waals surface area contributed by atoms with Crippen LogP contribution < -0.4 is 16.0 Å². The lowest BCUT2D eigenvalue weighted by Gasteiger charge is -2.27. The van der Waals surface area contributed by atoms with Gasteiger partial charge < -0.3 is 20.7 Å². The van der Waals surface area contributed by atoms with Crippen molar-refractivity contribution in [2.75, 3.05) is 18.5 Å². The van der Waals surface area contributed by atoms with Crippen LogP contribution in [0.1, 0.15) is 32.2 Å². The third-order valence-corrected chi connectivity index (χ3v) is 5.67. The van der Waals surface area contributed by atoms with E-state index >= 15 is 0 Å². The first-order chi connectivity index (χ1) is 16.8. The van der Waals surface area contributed by atoms with Crippen molar-refractivity contribution in [1.82, 2.24) is 15.6 Å². The molecule has 0 saturated carbocycles. The number of halogens is 3. The fourth-order valence-corrected chi connectivity index (χ4v) is 3.74. The van der Waals surface area contributed by atoms with Crippen molar-refractivity contribution in [1.29, 1.82) is 0 Å². The zero-order valence-corrected chi connectivity index (χ0v) is 18.6. The molecule has 2 aromatic carbocycles. The summed E-state index contributed by atoms with van der Waals surface area (Å²) in [5.74, 6) is -0.777. The summed E-state index contributed by atoms with van der Waals surface area (Å²) in [5, 5.41) is 8.40. The summed E-state index contributed by atoms with van der Waals surface area (Å²) in [6.45, 7) is 0.562. The van der Waals surface area contributed by atoms with E-state index in [2.05, 4.69) is 20.9 Å². The predicted molar refractivity (Wildman–Crippen MR) is 129 cm³/mol. The molecule has 1 saturated heterocycles. The largest absolute Gasteiger partial charge is 0.418 e. The van der Waals surface area contributed by atoms with E-state index in [1.54, 1.807) is 36.4 Å². The molecule has 1 aromatic heterocycles. The molecule has 10 heteroatoms. The van der Waals surface area contributed by atoms with Crippen molar-refractivity contribution in [3.63, 3.8) is 0 Å². The summed E-state index contributed by atoms with van der Waals surface area (Å²) in [6.07, 6.45) is -1.15. The maximum atomic E-state index is 13.2. The highest BCUT2D eigenvalue weighted by Gasteiger charge is 2.43. The number of alkyl halides is 3. The minimum atomic E-state index is -4.47. The number of benzene rings is 2. The first kappa shape index (κ1) is 24.2. The first-order valence-electron chi connectivity index (χ1n) is 10.9. The Balaban J connectivity index is 0.00000241. The van der Waals surface area contributed by atoms with Crippen LogP contribution in [0, 0.1) is 0 Å². The molecular formula is C25H29F3N4O3. The number of carbonyl (C=O) groups is 2. The molecule has 0 spiro atoms. The van der Waals surface area contributed by atoms with Crippen LogP contribution in [-0.2, 0) is 22.3 Å². The standard InChI is InChI=1S/C25H23F3N4O3.3H2/c26-25(27,28)20-3-1-2-4-21(20)31-19-7-5-17(6-8-19)15-30-23(34)24(11-14-35-16-24)32-22(33)18-9-12-29-13-10-18;;;/h1-10,12-13,31H,11,14-16H2,(H,30,34)(H,32,33);3*1H/t24-;;;/m0.../s1. The Labute approximate surface area is 204 Å². The van der Waals surface area contributed by atoms with Crippen LogP contribution in [0.2, 0.25) is 0 Å². The Morgan fingerprint density at radius 3 is 2.40 bits per heavy atom. The lowest BCUT2D eigenvalue weighted by Crippen LogP contribution is -2.59. The monoisotopic (exact) mass is 490 g/mol. The highest BCUT2D eigenvalue weighted by molar-refractivity contribution is 5.99. The van der Waals surface area contributed by atoms with Gasteiger partial charge in [-0.25, -0.2) is 0 Å². The number of nitrogens with zero attached hydrogens (tertiary/aromatic N) is 1. The van der Waals surface area contributed by atoms with E-state index in [4.69, 9.17) is 4.74 Å². The fourth-order valence-electron chi connectivity index (χ4n) is 3.74. The number of amides is 2. The minimum absolute atomic E-state index is 0. The third-order valence-electron chi connectivity index (χ3n) is 5.67. The Kier molecular flexibility index (Phi) is 7.02. The molecule has 7 nitrogen and oxygen atoms in total. The maximum absolute atomic E-state index is 13.2. The van der Waals surface area contributed by atoms with E-state index in [1.165, 1.54) is 30.6 Å². The molecule has 0 radical (unpaired) electrons. The molecule has 0 unspecified atom stereocenters. The number of anilines is 2. The van der Waals surface area contributed by atoms with Gasteiger partial charge in [0, 0.05) is 47.5 Å². The molecule has 35 heavy (non-hydrogen) atoms. The second-order valence-corrected chi connectivity index (χ2v) is 8.12. The summed E-state index contributed by atoms with van der Waals surface area (Å²) >= 11 is 0. The summed E-state index contributed by atoms with van der Waals surface area (Å²) in [4.78, 5) is 29.5. The normalized spacial score (nSPS) is 17.6. The van der Waals surface area contributed by atoms with Gasteiger partial charge >= 0.3 is 6.18 Å². The van der Waals surface area contributed by atoms with Crippen molar-refractivity contribution >= 4 is 23.2 Å². The van der Waals surface area contributed by atoms with Crippen LogP contribution >= 0.6 is 0 Å². The summed E-state index contributed by atoms with van der Waals surface area (Å²) in [7, 11) is 0. The maximum Gasteiger partial charge on any atom is 0.418 e. The molecule has 3 aromatic rings. The van der Waals surface area contributed by atoms with Crippen LogP contribution in [0.4, 0.5) is 24.5 Å². The average Bonchev–Trinajstić information content (AvgIpc) is 3.33. The van der Waals surface area contributed by atoms with E-state index in [9.17, 15) is 22.8 Å². The van der Waals surface area contributed by atoms with Gasteiger partial charge in [-0.1, -0.05) is 24.3 Å². The second kappa shape index (κ2) is 10.1. The van der Waals surface area contributed by atoms with Crippen LogP contribution in [0.3, 0.4) is 0 Å².